The molecule has 1 heterocycles. The number of fused-ring (bicyclic) bond motifs is 2. The fraction of sp³-hybridized carbons (Fsp3) is 0.778. The number of carbonyl (C=O) groups is 2. The summed E-state index contributed by atoms with van der Waals surface area (Å²) < 4.78 is 35.1. The number of rotatable bonds is 12. The minimum Gasteiger partial charge on any atom is -0.466 e. The summed E-state index contributed by atoms with van der Waals surface area (Å²) in [5.74, 6) is -2.12. The van der Waals surface area contributed by atoms with Crippen molar-refractivity contribution in [2.75, 3.05) is 26.9 Å². The molecule has 272 valence electrons. The van der Waals surface area contributed by atoms with Gasteiger partial charge in [-0.25, -0.2) is 0 Å². The van der Waals surface area contributed by atoms with E-state index in [1.807, 2.05) is 26.8 Å². The van der Waals surface area contributed by atoms with Crippen molar-refractivity contribution in [1.82, 2.24) is 0 Å². The lowest BCUT2D eigenvalue weighted by Gasteiger charge is -2.47. The molecule has 4 rings (SSSR count). The number of aliphatic hydroxyl groups is 4. The summed E-state index contributed by atoms with van der Waals surface area (Å²) >= 11 is 0. The van der Waals surface area contributed by atoms with Crippen LogP contribution in [-0.4, -0.2) is 114 Å². The van der Waals surface area contributed by atoms with Crippen LogP contribution in [0, 0.1) is 35.0 Å². The zero-order chi connectivity index (χ0) is 35.7. The first kappa shape index (κ1) is 38.6. The average Bonchev–Trinajstić information content (AvgIpc) is 3.53. The molecule has 14 unspecified atom stereocenters. The molecule has 0 spiro atoms. The Morgan fingerprint density at radius 3 is 2.40 bits per heavy atom. The monoisotopic (exact) mass is 680 g/mol. The van der Waals surface area contributed by atoms with Crippen molar-refractivity contribution >= 4 is 11.9 Å². The minimum absolute atomic E-state index is 0.0272. The van der Waals surface area contributed by atoms with Crippen molar-refractivity contribution in [3.8, 4) is 0 Å². The van der Waals surface area contributed by atoms with E-state index in [2.05, 4.69) is 12.7 Å². The number of hydrogen-bond acceptors (Lipinski definition) is 12. The Balaban J connectivity index is 1.79. The largest absolute Gasteiger partial charge is 0.466 e. The van der Waals surface area contributed by atoms with E-state index in [9.17, 15) is 30.0 Å². The lowest BCUT2D eigenvalue weighted by molar-refractivity contribution is -0.321. The molecule has 0 amide bonds. The maximum Gasteiger partial charge on any atom is 0.303 e. The molecule has 0 radical (unpaired) electrons. The van der Waals surface area contributed by atoms with Crippen LogP contribution in [0.2, 0.25) is 0 Å². The van der Waals surface area contributed by atoms with Gasteiger partial charge in [0.1, 0.15) is 24.4 Å². The third-order valence-corrected chi connectivity index (χ3v) is 10.9. The number of hydrogen-bond donors (Lipinski definition) is 4. The van der Waals surface area contributed by atoms with E-state index >= 15 is 0 Å². The number of ether oxygens (including phenoxy) is 6. The van der Waals surface area contributed by atoms with E-state index in [-0.39, 0.29) is 36.9 Å². The number of aliphatic hydroxyl groups excluding tert-OH is 4. The van der Waals surface area contributed by atoms with Crippen molar-refractivity contribution in [3.63, 3.8) is 0 Å². The van der Waals surface area contributed by atoms with Crippen molar-refractivity contribution in [2.24, 2.45) is 35.0 Å². The van der Waals surface area contributed by atoms with Crippen LogP contribution in [0.25, 0.3) is 0 Å². The summed E-state index contributed by atoms with van der Waals surface area (Å²) in [5, 5.41) is 46.5. The van der Waals surface area contributed by atoms with Crippen LogP contribution in [0.5, 0.6) is 0 Å². The molecule has 3 aliphatic carbocycles. The normalized spacial score (nSPS) is 40.4. The van der Waals surface area contributed by atoms with Crippen LogP contribution < -0.4 is 0 Å². The Bertz CT molecular complexity index is 1230. The molecule has 0 aromatic heterocycles. The van der Waals surface area contributed by atoms with Gasteiger partial charge in [-0.05, 0) is 56.9 Å². The van der Waals surface area contributed by atoms with E-state index in [4.69, 9.17) is 28.4 Å². The average molecular weight is 681 g/mol. The molecule has 2 fully saturated rings. The highest BCUT2D eigenvalue weighted by atomic mass is 16.7. The molecule has 1 saturated heterocycles. The molecule has 0 aromatic rings. The topological polar surface area (TPSA) is 170 Å². The first-order chi connectivity index (χ1) is 22.4. The van der Waals surface area contributed by atoms with Gasteiger partial charge in [0.25, 0.3) is 0 Å². The van der Waals surface area contributed by atoms with Gasteiger partial charge in [-0.3, -0.25) is 9.59 Å². The second kappa shape index (κ2) is 15.4. The molecule has 4 aliphatic rings. The molecule has 12 heteroatoms. The van der Waals surface area contributed by atoms with Gasteiger partial charge < -0.3 is 48.8 Å². The fourth-order valence-corrected chi connectivity index (χ4v) is 7.81. The Morgan fingerprint density at radius 1 is 1.10 bits per heavy atom. The summed E-state index contributed by atoms with van der Waals surface area (Å²) in [7, 11) is 1.66. The van der Waals surface area contributed by atoms with Crippen LogP contribution >= 0.6 is 0 Å². The van der Waals surface area contributed by atoms with E-state index in [1.54, 1.807) is 27.0 Å². The molecule has 12 nitrogen and oxygen atoms in total. The Kier molecular flexibility index (Phi) is 12.4. The number of carbonyl (C=O) groups excluding carboxylic acids is 2. The van der Waals surface area contributed by atoms with Crippen LogP contribution in [0.15, 0.2) is 36.0 Å². The molecule has 0 aromatic carbocycles. The third-order valence-electron chi connectivity index (χ3n) is 10.9. The Hall–Kier alpha value is -2.16. The number of esters is 2. The van der Waals surface area contributed by atoms with Gasteiger partial charge in [0.15, 0.2) is 12.4 Å². The SMILES string of the molecule is C=CC(C)(C)OCC1OC(OC2C3=CC(C(C)COC(C)=O)C(O)C3(C)C=C3C(COC)CCC3C(C)C2O)C(OC(C)=O)C(O)C1O. The third kappa shape index (κ3) is 7.91. The van der Waals surface area contributed by atoms with Gasteiger partial charge in [0, 0.05) is 38.2 Å². The first-order valence-corrected chi connectivity index (χ1v) is 17.0. The molecule has 1 aliphatic heterocycles. The number of methoxy groups -OCH3 is 1. The van der Waals surface area contributed by atoms with Crippen LogP contribution in [0.4, 0.5) is 0 Å². The maximum atomic E-state index is 12.2. The van der Waals surface area contributed by atoms with Gasteiger partial charge >= 0.3 is 11.9 Å². The molecule has 4 N–H and O–H groups in total. The summed E-state index contributed by atoms with van der Waals surface area (Å²) in [6.45, 7) is 16.1. The molecule has 0 bridgehead atoms. The highest BCUT2D eigenvalue weighted by Crippen LogP contribution is 2.55. The smallest absolute Gasteiger partial charge is 0.303 e. The molecular formula is C36H56O12. The van der Waals surface area contributed by atoms with Crippen LogP contribution in [0.1, 0.15) is 61.3 Å². The van der Waals surface area contributed by atoms with Crippen molar-refractivity contribution < 1.29 is 58.4 Å². The summed E-state index contributed by atoms with van der Waals surface area (Å²) in [5.41, 5.74) is -0.0756. The molecule has 48 heavy (non-hydrogen) atoms. The zero-order valence-electron chi connectivity index (χ0n) is 29.5. The lowest BCUT2D eigenvalue weighted by Crippen LogP contribution is -2.62. The second-order valence-electron chi connectivity index (χ2n) is 14.8. The van der Waals surface area contributed by atoms with Crippen LogP contribution in [-0.2, 0) is 38.0 Å². The molecular weight excluding hydrogens is 624 g/mol. The van der Waals surface area contributed by atoms with Gasteiger partial charge in [-0.15, -0.1) is 6.58 Å². The molecule has 14 atom stereocenters. The van der Waals surface area contributed by atoms with Crippen LogP contribution in [0.3, 0.4) is 0 Å². The Morgan fingerprint density at radius 2 is 1.79 bits per heavy atom. The quantitative estimate of drug-likeness (QED) is 0.176. The van der Waals surface area contributed by atoms with Crippen molar-refractivity contribution in [2.45, 2.75) is 116 Å². The highest BCUT2D eigenvalue weighted by molar-refractivity contribution is 5.66. The second-order valence-corrected chi connectivity index (χ2v) is 14.8. The van der Waals surface area contributed by atoms with Gasteiger partial charge in [0.05, 0.1) is 37.6 Å². The minimum atomic E-state index is -1.60. The Labute approximate surface area is 284 Å². The van der Waals surface area contributed by atoms with E-state index in [0.717, 1.165) is 18.4 Å². The summed E-state index contributed by atoms with van der Waals surface area (Å²) in [6, 6.07) is 0. The summed E-state index contributed by atoms with van der Waals surface area (Å²) in [6.07, 6.45) is -2.92. The standard InChI is InChI=1S/C36H56O12/c1-10-35(6,7)45-17-27-29(40)30(41)32(46-21(5)38)34(47-27)48-31-26-13-24(18(2)15-44-20(4)37)33(42)36(26,8)14-25-22(16-43-9)11-12-23(25)19(3)28(31)39/h10,13-14,18-19,22-24,27-34,39-42H,1,11-12,15-17H2,2-9H3. The van der Waals surface area contributed by atoms with E-state index < -0.39 is 77.9 Å². The van der Waals surface area contributed by atoms with Gasteiger partial charge in [-0.2, -0.15) is 0 Å². The van der Waals surface area contributed by atoms with Gasteiger partial charge in [-0.1, -0.05) is 37.6 Å². The van der Waals surface area contributed by atoms with E-state index in [1.165, 1.54) is 13.8 Å². The van der Waals surface area contributed by atoms with E-state index in [0.29, 0.717) is 12.2 Å². The van der Waals surface area contributed by atoms with Gasteiger partial charge in [0.2, 0.25) is 0 Å². The maximum absolute atomic E-state index is 12.2. The van der Waals surface area contributed by atoms with Crippen molar-refractivity contribution in [1.29, 1.82) is 0 Å². The zero-order valence-corrected chi connectivity index (χ0v) is 29.5. The fourth-order valence-electron chi connectivity index (χ4n) is 7.81. The molecule has 1 saturated carbocycles. The van der Waals surface area contributed by atoms with Crippen molar-refractivity contribution in [3.05, 3.63) is 36.0 Å². The predicted octanol–water partition coefficient (Wildman–Crippen LogP) is 2.46. The lowest BCUT2D eigenvalue weighted by atomic mass is 9.67. The first-order valence-electron chi connectivity index (χ1n) is 17.0. The summed E-state index contributed by atoms with van der Waals surface area (Å²) in [4.78, 5) is 23.8. The predicted molar refractivity (Wildman–Crippen MR) is 174 cm³/mol. The highest BCUT2D eigenvalue weighted by Gasteiger charge is 2.56.